The van der Waals surface area contributed by atoms with Crippen LogP contribution in [0.1, 0.15) is 24.6 Å². The molecule has 1 aliphatic heterocycles. The Morgan fingerprint density at radius 2 is 2.15 bits per heavy atom. The first-order valence-electron chi connectivity index (χ1n) is 7.29. The van der Waals surface area contributed by atoms with Crippen LogP contribution in [0.15, 0.2) is 18.3 Å². The Morgan fingerprint density at radius 3 is 2.90 bits per heavy atom. The predicted molar refractivity (Wildman–Crippen MR) is 78.9 cm³/mol. The summed E-state index contributed by atoms with van der Waals surface area (Å²) in [7, 11) is 4.20. The molecule has 0 aliphatic carbocycles. The Morgan fingerprint density at radius 1 is 1.35 bits per heavy atom. The standard InChI is InChI=1S/C15H22N4O/c1-18(2)8-9-19-14(12-5-10-20-11-6-12)17-13-4-3-7-16-15(13)19/h3-4,7,12H,5-6,8-11H2,1-2H3. The summed E-state index contributed by atoms with van der Waals surface area (Å²) in [5.74, 6) is 1.68. The number of nitrogens with zero attached hydrogens (tertiary/aromatic N) is 4. The van der Waals surface area contributed by atoms with Crippen LogP contribution in [0.5, 0.6) is 0 Å². The molecule has 0 bridgehead atoms. The van der Waals surface area contributed by atoms with Crippen molar-refractivity contribution in [3.63, 3.8) is 0 Å². The first-order valence-corrected chi connectivity index (χ1v) is 7.29. The fourth-order valence-electron chi connectivity index (χ4n) is 2.76. The van der Waals surface area contributed by atoms with Gasteiger partial charge in [0.15, 0.2) is 5.65 Å². The Hall–Kier alpha value is -1.46. The normalized spacial score (nSPS) is 17.1. The molecule has 5 nitrogen and oxygen atoms in total. The average Bonchev–Trinajstić information content (AvgIpc) is 2.84. The molecule has 0 aromatic carbocycles. The molecule has 1 fully saturated rings. The summed E-state index contributed by atoms with van der Waals surface area (Å²) in [6.07, 6.45) is 3.97. The highest BCUT2D eigenvalue weighted by Crippen LogP contribution is 2.28. The number of hydrogen-bond acceptors (Lipinski definition) is 4. The van der Waals surface area contributed by atoms with Crippen molar-refractivity contribution in [3.05, 3.63) is 24.2 Å². The fraction of sp³-hybridized carbons (Fsp3) is 0.600. The molecule has 2 aromatic rings. The van der Waals surface area contributed by atoms with Crippen LogP contribution in [0.2, 0.25) is 0 Å². The molecular formula is C15H22N4O. The van der Waals surface area contributed by atoms with Crippen molar-refractivity contribution in [1.82, 2.24) is 19.4 Å². The monoisotopic (exact) mass is 274 g/mol. The molecular weight excluding hydrogens is 252 g/mol. The molecule has 0 atom stereocenters. The number of likely N-dealkylation sites (N-methyl/N-ethyl adjacent to an activating group) is 1. The minimum Gasteiger partial charge on any atom is -0.381 e. The van der Waals surface area contributed by atoms with Gasteiger partial charge in [0.2, 0.25) is 0 Å². The largest absolute Gasteiger partial charge is 0.381 e. The molecule has 1 aliphatic rings. The third-order valence-electron chi connectivity index (χ3n) is 3.89. The number of pyridine rings is 1. The van der Waals surface area contributed by atoms with Gasteiger partial charge in [0.1, 0.15) is 11.3 Å². The van der Waals surface area contributed by atoms with Crippen molar-refractivity contribution in [1.29, 1.82) is 0 Å². The maximum absolute atomic E-state index is 5.47. The number of imidazole rings is 1. The highest BCUT2D eigenvalue weighted by molar-refractivity contribution is 5.71. The van der Waals surface area contributed by atoms with Gasteiger partial charge in [0.25, 0.3) is 0 Å². The molecule has 0 radical (unpaired) electrons. The molecule has 3 heterocycles. The molecule has 2 aromatic heterocycles. The van der Waals surface area contributed by atoms with Crippen molar-refractivity contribution in [2.24, 2.45) is 0 Å². The van der Waals surface area contributed by atoms with Crippen LogP contribution in [0.4, 0.5) is 0 Å². The number of aromatic nitrogens is 3. The predicted octanol–water partition coefficient (Wildman–Crippen LogP) is 1.89. The number of rotatable bonds is 4. The van der Waals surface area contributed by atoms with E-state index in [4.69, 9.17) is 9.72 Å². The zero-order valence-corrected chi connectivity index (χ0v) is 12.2. The summed E-state index contributed by atoms with van der Waals surface area (Å²) in [4.78, 5) is 11.6. The van der Waals surface area contributed by atoms with Gasteiger partial charge in [-0.25, -0.2) is 9.97 Å². The Kier molecular flexibility index (Phi) is 3.98. The lowest BCUT2D eigenvalue weighted by molar-refractivity contribution is 0.0828. The van der Waals surface area contributed by atoms with Gasteiger partial charge in [0.05, 0.1) is 0 Å². The molecule has 1 saturated heterocycles. The number of ether oxygens (including phenoxy) is 1. The third-order valence-corrected chi connectivity index (χ3v) is 3.89. The van der Waals surface area contributed by atoms with E-state index in [1.165, 1.54) is 5.82 Å². The smallest absolute Gasteiger partial charge is 0.160 e. The summed E-state index contributed by atoms with van der Waals surface area (Å²) in [5, 5.41) is 0. The summed E-state index contributed by atoms with van der Waals surface area (Å²) in [6, 6.07) is 4.01. The Labute approximate surface area is 119 Å². The van der Waals surface area contributed by atoms with E-state index in [2.05, 4.69) is 34.6 Å². The van der Waals surface area contributed by atoms with E-state index in [0.29, 0.717) is 5.92 Å². The number of fused-ring (bicyclic) bond motifs is 1. The lowest BCUT2D eigenvalue weighted by Gasteiger charge is -2.23. The SMILES string of the molecule is CN(C)CCn1c(C2CCOCC2)nc2cccnc21. The molecule has 3 rings (SSSR count). The van der Waals surface area contributed by atoms with Crippen LogP contribution in [-0.4, -0.2) is 53.3 Å². The minimum absolute atomic E-state index is 0.500. The molecule has 5 heteroatoms. The first kappa shape index (κ1) is 13.5. The van der Waals surface area contributed by atoms with Crippen molar-refractivity contribution < 1.29 is 4.74 Å². The van der Waals surface area contributed by atoms with Crippen molar-refractivity contribution >= 4 is 11.2 Å². The van der Waals surface area contributed by atoms with E-state index >= 15 is 0 Å². The van der Waals surface area contributed by atoms with Gasteiger partial charge in [0, 0.05) is 38.4 Å². The quantitative estimate of drug-likeness (QED) is 0.854. The Bertz CT molecular complexity index is 572. The molecule has 20 heavy (non-hydrogen) atoms. The van der Waals surface area contributed by atoms with Gasteiger partial charge in [-0.05, 0) is 39.1 Å². The van der Waals surface area contributed by atoms with Gasteiger partial charge >= 0.3 is 0 Å². The summed E-state index contributed by atoms with van der Waals surface area (Å²) < 4.78 is 7.77. The molecule has 0 saturated carbocycles. The van der Waals surface area contributed by atoms with Crippen LogP contribution in [-0.2, 0) is 11.3 Å². The maximum atomic E-state index is 5.47. The van der Waals surface area contributed by atoms with Crippen LogP contribution < -0.4 is 0 Å². The van der Waals surface area contributed by atoms with E-state index in [1.807, 2.05) is 12.3 Å². The highest BCUT2D eigenvalue weighted by Gasteiger charge is 2.23. The molecule has 0 N–H and O–H groups in total. The second-order valence-electron chi connectivity index (χ2n) is 5.66. The highest BCUT2D eigenvalue weighted by atomic mass is 16.5. The summed E-state index contributed by atoms with van der Waals surface area (Å²) >= 11 is 0. The van der Waals surface area contributed by atoms with Crippen LogP contribution in [0.25, 0.3) is 11.2 Å². The van der Waals surface area contributed by atoms with Gasteiger partial charge in [-0.3, -0.25) is 0 Å². The van der Waals surface area contributed by atoms with Gasteiger partial charge < -0.3 is 14.2 Å². The second-order valence-corrected chi connectivity index (χ2v) is 5.66. The third kappa shape index (κ3) is 2.69. The summed E-state index contributed by atoms with van der Waals surface area (Å²) in [6.45, 7) is 3.62. The fourth-order valence-corrected chi connectivity index (χ4v) is 2.76. The maximum Gasteiger partial charge on any atom is 0.160 e. The van der Waals surface area contributed by atoms with Crippen molar-refractivity contribution in [3.8, 4) is 0 Å². The van der Waals surface area contributed by atoms with Gasteiger partial charge in [-0.1, -0.05) is 0 Å². The second kappa shape index (κ2) is 5.89. The van der Waals surface area contributed by atoms with E-state index < -0.39 is 0 Å². The average molecular weight is 274 g/mol. The van der Waals surface area contributed by atoms with Gasteiger partial charge in [-0.15, -0.1) is 0 Å². The number of hydrogen-bond donors (Lipinski definition) is 0. The van der Waals surface area contributed by atoms with Crippen LogP contribution in [0, 0.1) is 0 Å². The molecule has 0 amide bonds. The zero-order valence-electron chi connectivity index (χ0n) is 12.2. The zero-order chi connectivity index (χ0) is 13.9. The molecule has 108 valence electrons. The Balaban J connectivity index is 1.97. The summed E-state index contributed by atoms with van der Waals surface area (Å²) in [5.41, 5.74) is 2.02. The van der Waals surface area contributed by atoms with Gasteiger partial charge in [-0.2, -0.15) is 0 Å². The van der Waals surface area contributed by atoms with E-state index in [9.17, 15) is 0 Å². The van der Waals surface area contributed by atoms with Crippen molar-refractivity contribution in [2.45, 2.75) is 25.3 Å². The topological polar surface area (TPSA) is 43.2 Å². The van der Waals surface area contributed by atoms with E-state index in [1.54, 1.807) is 0 Å². The molecule has 0 spiro atoms. The minimum atomic E-state index is 0.500. The molecule has 0 unspecified atom stereocenters. The first-order chi connectivity index (χ1) is 9.75. The lowest BCUT2D eigenvalue weighted by Crippen LogP contribution is -2.22. The van der Waals surface area contributed by atoms with Crippen LogP contribution >= 0.6 is 0 Å². The lowest BCUT2D eigenvalue weighted by atomic mass is 9.99. The van der Waals surface area contributed by atoms with E-state index in [-0.39, 0.29) is 0 Å². The van der Waals surface area contributed by atoms with Crippen molar-refractivity contribution in [2.75, 3.05) is 33.9 Å². The van der Waals surface area contributed by atoms with E-state index in [0.717, 1.165) is 50.3 Å². The van der Waals surface area contributed by atoms with Crippen LogP contribution in [0.3, 0.4) is 0 Å².